The number of carbonyl (C=O) groups is 2. The van der Waals surface area contributed by atoms with Crippen LogP contribution in [0.2, 0.25) is 0 Å². The predicted octanol–water partition coefficient (Wildman–Crippen LogP) is 20.1. The van der Waals surface area contributed by atoms with Crippen LogP contribution in [0.25, 0.3) is 0 Å². The second-order valence-electron chi connectivity index (χ2n) is 18.8. The van der Waals surface area contributed by atoms with Crippen molar-refractivity contribution < 1.29 is 23.8 Å². The Labute approximate surface area is 433 Å². The van der Waals surface area contributed by atoms with E-state index in [-0.39, 0.29) is 25.2 Å². The highest BCUT2D eigenvalue weighted by Crippen LogP contribution is 2.14. The van der Waals surface area contributed by atoms with Crippen LogP contribution < -0.4 is 0 Å². The van der Waals surface area contributed by atoms with E-state index in [0.29, 0.717) is 19.4 Å². The van der Waals surface area contributed by atoms with Crippen molar-refractivity contribution in [2.24, 2.45) is 0 Å². The molecule has 1 unspecified atom stereocenters. The van der Waals surface area contributed by atoms with Crippen molar-refractivity contribution in [1.29, 1.82) is 0 Å². The third-order valence-electron chi connectivity index (χ3n) is 12.0. The normalized spacial score (nSPS) is 13.1. The number of hydrogen-bond acceptors (Lipinski definition) is 5. The monoisotopic (exact) mass is 969 g/mol. The molecule has 0 fully saturated rings. The van der Waals surface area contributed by atoms with E-state index >= 15 is 0 Å². The molecule has 398 valence electrons. The Morgan fingerprint density at radius 3 is 1.03 bits per heavy atom. The van der Waals surface area contributed by atoms with E-state index in [9.17, 15) is 9.59 Å². The number of rotatable bonds is 52. The lowest BCUT2D eigenvalue weighted by Gasteiger charge is -2.18. The van der Waals surface area contributed by atoms with Crippen molar-refractivity contribution in [3.63, 3.8) is 0 Å². The Balaban J connectivity index is 4.43. The molecular weight excluding hydrogens is 861 g/mol. The van der Waals surface area contributed by atoms with Crippen LogP contribution in [-0.4, -0.2) is 37.9 Å². The van der Waals surface area contributed by atoms with Crippen molar-refractivity contribution >= 4 is 11.9 Å². The van der Waals surface area contributed by atoms with Gasteiger partial charge in [-0.05, 0) is 128 Å². The Morgan fingerprint density at radius 2 is 0.643 bits per heavy atom. The first kappa shape index (κ1) is 66.3. The minimum atomic E-state index is -0.583. The fourth-order valence-corrected chi connectivity index (χ4v) is 7.65. The van der Waals surface area contributed by atoms with E-state index in [4.69, 9.17) is 14.2 Å². The third-order valence-corrected chi connectivity index (χ3v) is 12.0. The molecule has 0 aromatic heterocycles. The lowest BCUT2D eigenvalue weighted by atomic mass is 10.1. The van der Waals surface area contributed by atoms with Crippen LogP contribution in [0.1, 0.15) is 252 Å². The molecule has 1 atom stereocenters. The molecule has 0 saturated carbocycles. The van der Waals surface area contributed by atoms with Gasteiger partial charge in [-0.3, -0.25) is 9.59 Å². The molecule has 5 nitrogen and oxygen atoms in total. The second kappa shape index (κ2) is 59.6. The summed E-state index contributed by atoms with van der Waals surface area (Å²) in [5.74, 6) is -0.450. The fraction of sp³-hybridized carbons (Fsp3) is 0.662. The maximum absolute atomic E-state index is 12.9. The van der Waals surface area contributed by atoms with Crippen molar-refractivity contribution in [3.05, 3.63) is 122 Å². The van der Waals surface area contributed by atoms with Gasteiger partial charge < -0.3 is 14.2 Å². The van der Waals surface area contributed by atoms with Crippen molar-refractivity contribution in [1.82, 2.24) is 0 Å². The summed E-state index contributed by atoms with van der Waals surface area (Å²) in [7, 11) is 0. The molecule has 0 heterocycles. The van der Waals surface area contributed by atoms with Crippen molar-refractivity contribution in [2.45, 2.75) is 258 Å². The van der Waals surface area contributed by atoms with Crippen molar-refractivity contribution in [2.75, 3.05) is 19.8 Å². The molecular formula is C65H108O5. The van der Waals surface area contributed by atoms with Crippen LogP contribution in [0, 0.1) is 0 Å². The summed E-state index contributed by atoms with van der Waals surface area (Å²) in [4.78, 5) is 25.5. The highest BCUT2D eigenvalue weighted by Gasteiger charge is 2.17. The fourth-order valence-electron chi connectivity index (χ4n) is 7.65. The molecule has 70 heavy (non-hydrogen) atoms. The van der Waals surface area contributed by atoms with Gasteiger partial charge in [0.05, 0.1) is 6.61 Å². The first-order valence-corrected chi connectivity index (χ1v) is 29.1. The number of hydrogen-bond donors (Lipinski definition) is 0. The first-order valence-electron chi connectivity index (χ1n) is 29.1. The van der Waals surface area contributed by atoms with Crippen molar-refractivity contribution in [3.8, 4) is 0 Å². The summed E-state index contributed by atoms with van der Waals surface area (Å²) in [5.41, 5.74) is 0. The van der Waals surface area contributed by atoms with Gasteiger partial charge in [0.1, 0.15) is 6.61 Å². The van der Waals surface area contributed by atoms with E-state index in [1.54, 1.807) is 0 Å². The van der Waals surface area contributed by atoms with Gasteiger partial charge in [-0.15, -0.1) is 0 Å². The lowest BCUT2D eigenvalue weighted by molar-refractivity contribution is -0.163. The molecule has 0 rings (SSSR count). The first-order chi connectivity index (χ1) is 34.6. The zero-order valence-electron chi connectivity index (χ0n) is 45.7. The number of ether oxygens (including phenoxy) is 3. The Bertz CT molecular complexity index is 1420. The molecule has 0 saturated heterocycles. The van der Waals surface area contributed by atoms with Gasteiger partial charge in [0.2, 0.25) is 0 Å². The average Bonchev–Trinajstić information content (AvgIpc) is 3.36. The highest BCUT2D eigenvalue weighted by molar-refractivity contribution is 5.70. The maximum atomic E-state index is 12.9. The van der Waals surface area contributed by atoms with E-state index in [1.807, 2.05) is 0 Å². The van der Waals surface area contributed by atoms with Crippen LogP contribution in [0.4, 0.5) is 0 Å². The van der Waals surface area contributed by atoms with Gasteiger partial charge in [0.25, 0.3) is 0 Å². The summed E-state index contributed by atoms with van der Waals surface area (Å²) >= 11 is 0. The molecule has 0 bridgehead atoms. The largest absolute Gasteiger partial charge is 0.462 e. The number of unbranched alkanes of at least 4 members (excludes halogenated alkanes) is 21. The highest BCUT2D eigenvalue weighted by atomic mass is 16.6. The average molecular weight is 970 g/mol. The van der Waals surface area contributed by atoms with E-state index in [1.165, 1.54) is 103 Å². The third kappa shape index (κ3) is 56.9. The Hall–Kier alpha value is -3.70. The lowest BCUT2D eigenvalue weighted by Crippen LogP contribution is -2.30. The zero-order chi connectivity index (χ0) is 50.6. The van der Waals surface area contributed by atoms with Crippen LogP contribution in [-0.2, 0) is 23.8 Å². The zero-order valence-corrected chi connectivity index (χ0v) is 45.7. The molecule has 0 aromatic rings. The number of esters is 2. The van der Waals surface area contributed by atoms with Gasteiger partial charge in [0.15, 0.2) is 6.10 Å². The minimum Gasteiger partial charge on any atom is -0.462 e. The van der Waals surface area contributed by atoms with Gasteiger partial charge in [-0.1, -0.05) is 232 Å². The molecule has 0 spiro atoms. The van der Waals surface area contributed by atoms with E-state index in [0.717, 1.165) is 116 Å². The van der Waals surface area contributed by atoms with Crippen LogP contribution in [0.15, 0.2) is 122 Å². The van der Waals surface area contributed by atoms with Crippen LogP contribution in [0.3, 0.4) is 0 Å². The van der Waals surface area contributed by atoms with Gasteiger partial charge >= 0.3 is 11.9 Å². The summed E-state index contributed by atoms with van der Waals surface area (Å²) in [6.45, 7) is 7.51. The smallest absolute Gasteiger partial charge is 0.306 e. The molecule has 0 aliphatic rings. The summed E-state index contributed by atoms with van der Waals surface area (Å²) < 4.78 is 17.4. The Morgan fingerprint density at radius 1 is 0.329 bits per heavy atom. The van der Waals surface area contributed by atoms with Gasteiger partial charge in [0, 0.05) is 19.4 Å². The molecule has 0 aliphatic heterocycles. The van der Waals surface area contributed by atoms with E-state index in [2.05, 4.69) is 142 Å². The standard InChI is InChI=1S/C65H108O5/c1-4-7-10-13-16-19-22-25-28-31-32-33-36-39-42-45-48-51-54-57-60-68-61-63(70-65(67)59-56-53-50-47-44-41-38-35-30-27-24-21-18-15-12-9-6-3)62-69-64(66)58-55-52-49-46-43-40-37-34-29-26-23-20-17-14-11-8-5-2/h7,10,16-21,25-30,32-33,39,42,48,51,63H,4-6,8-9,11-15,22-24,31,34-38,40-41,43-47,49-50,52-62H2,1-3H3/b10-7-,19-16-,20-17-,21-18-,28-25-,29-26-,30-27-,33-32-,42-39-,51-48-. The topological polar surface area (TPSA) is 61.8 Å². The number of carbonyl (C=O) groups excluding carboxylic acids is 2. The quantitative estimate of drug-likeness (QED) is 0.0345. The molecule has 0 aromatic carbocycles. The molecule has 0 aliphatic carbocycles. The Kier molecular flexibility index (Phi) is 56.5. The number of allylic oxidation sites excluding steroid dienone is 20. The SMILES string of the molecule is CC/C=C\C/C=C\C/C=C\C/C=C\C/C=C\C/C=C\CCCOCC(COC(=O)CCCCCCCCC/C=C\C/C=C\CCCCC)OC(=O)CCCCCCCCC/C=C\C/C=C\CCCCC. The molecule has 0 N–H and O–H groups in total. The second-order valence-corrected chi connectivity index (χ2v) is 18.8. The summed E-state index contributed by atoms with van der Waals surface area (Å²) in [6, 6.07) is 0. The molecule has 0 radical (unpaired) electrons. The van der Waals surface area contributed by atoms with Crippen LogP contribution in [0.5, 0.6) is 0 Å². The molecule has 0 amide bonds. The summed E-state index contributed by atoms with van der Waals surface area (Å²) in [6.07, 6.45) is 83.7. The maximum Gasteiger partial charge on any atom is 0.306 e. The van der Waals surface area contributed by atoms with Gasteiger partial charge in [-0.2, -0.15) is 0 Å². The van der Waals surface area contributed by atoms with Crippen LogP contribution >= 0.6 is 0 Å². The van der Waals surface area contributed by atoms with Gasteiger partial charge in [-0.25, -0.2) is 0 Å². The van der Waals surface area contributed by atoms with E-state index < -0.39 is 6.10 Å². The predicted molar refractivity (Wildman–Crippen MR) is 306 cm³/mol. The molecule has 5 heteroatoms. The minimum absolute atomic E-state index is 0.0480. The summed E-state index contributed by atoms with van der Waals surface area (Å²) in [5, 5.41) is 0.